The van der Waals surface area contributed by atoms with Gasteiger partial charge in [-0.15, -0.1) is 0 Å². The molecule has 1 amide bonds. The van der Waals surface area contributed by atoms with E-state index in [0.29, 0.717) is 22.2 Å². The second-order valence-corrected chi connectivity index (χ2v) is 7.30. The molecule has 0 saturated carbocycles. The number of rotatable bonds is 4. The summed E-state index contributed by atoms with van der Waals surface area (Å²) in [5.74, 6) is -1.36. The molecular formula is C22H15Cl2NO5. The van der Waals surface area contributed by atoms with Gasteiger partial charge in [0.25, 0.3) is 11.7 Å². The molecule has 30 heavy (non-hydrogen) atoms. The zero-order chi connectivity index (χ0) is 21.4. The molecule has 0 spiro atoms. The van der Waals surface area contributed by atoms with Crippen molar-refractivity contribution in [3.05, 3.63) is 87.8 Å². The average molecular weight is 444 g/mol. The van der Waals surface area contributed by atoms with E-state index in [-0.39, 0.29) is 21.9 Å². The van der Waals surface area contributed by atoms with Crippen molar-refractivity contribution in [3.63, 3.8) is 0 Å². The number of hydrogen-bond acceptors (Lipinski definition) is 5. The third-order valence-corrected chi connectivity index (χ3v) is 5.53. The number of carbonyl (C=O) groups excluding carboxylic acids is 2. The highest BCUT2D eigenvalue weighted by molar-refractivity contribution is 6.52. The first kappa shape index (κ1) is 20.1. The van der Waals surface area contributed by atoms with Gasteiger partial charge in [-0.25, -0.2) is 0 Å². The molecule has 152 valence electrons. The zero-order valence-electron chi connectivity index (χ0n) is 15.6. The second-order valence-electron chi connectivity index (χ2n) is 6.49. The fourth-order valence-electron chi connectivity index (χ4n) is 3.42. The van der Waals surface area contributed by atoms with E-state index < -0.39 is 17.7 Å². The average Bonchev–Trinajstić information content (AvgIpc) is 3.37. The molecule has 0 radical (unpaired) electrons. The molecule has 1 aliphatic heterocycles. The minimum atomic E-state index is -0.995. The number of aliphatic hydroxyl groups is 1. The Balaban J connectivity index is 1.95. The van der Waals surface area contributed by atoms with Crippen LogP contribution in [0.1, 0.15) is 17.4 Å². The van der Waals surface area contributed by atoms with E-state index in [1.54, 1.807) is 36.4 Å². The molecule has 1 aliphatic rings. The van der Waals surface area contributed by atoms with Crippen LogP contribution in [0.5, 0.6) is 5.75 Å². The van der Waals surface area contributed by atoms with E-state index in [4.69, 9.17) is 32.4 Å². The highest BCUT2D eigenvalue weighted by Crippen LogP contribution is 2.45. The predicted molar refractivity (Wildman–Crippen MR) is 113 cm³/mol. The monoisotopic (exact) mass is 443 g/mol. The Morgan fingerprint density at radius 3 is 2.50 bits per heavy atom. The summed E-state index contributed by atoms with van der Waals surface area (Å²) >= 11 is 12.0. The normalized spacial score (nSPS) is 18.1. The van der Waals surface area contributed by atoms with Crippen molar-refractivity contribution < 1.29 is 23.8 Å². The molecule has 1 unspecified atom stereocenters. The maximum absolute atomic E-state index is 13.0. The summed E-state index contributed by atoms with van der Waals surface area (Å²) in [6.45, 7) is 0. The van der Waals surface area contributed by atoms with Gasteiger partial charge in [-0.3, -0.25) is 14.5 Å². The molecule has 0 bridgehead atoms. The number of benzene rings is 2. The Bertz CT molecular complexity index is 1170. The van der Waals surface area contributed by atoms with E-state index in [9.17, 15) is 14.7 Å². The molecule has 6 nitrogen and oxygen atoms in total. The van der Waals surface area contributed by atoms with E-state index in [1.807, 2.05) is 0 Å². The molecule has 8 heteroatoms. The van der Waals surface area contributed by atoms with Gasteiger partial charge in [0.1, 0.15) is 23.3 Å². The second kappa shape index (κ2) is 7.89. The summed E-state index contributed by atoms with van der Waals surface area (Å²) in [6, 6.07) is 13.5. The lowest BCUT2D eigenvalue weighted by atomic mass is 9.99. The number of amides is 1. The molecular weight excluding hydrogens is 429 g/mol. The van der Waals surface area contributed by atoms with Crippen molar-refractivity contribution in [2.75, 3.05) is 12.0 Å². The Kier molecular flexibility index (Phi) is 5.28. The molecule has 1 atom stereocenters. The Morgan fingerprint density at radius 2 is 1.83 bits per heavy atom. The van der Waals surface area contributed by atoms with Crippen LogP contribution in [-0.2, 0) is 9.59 Å². The lowest BCUT2D eigenvalue weighted by Crippen LogP contribution is -2.29. The maximum atomic E-state index is 13.0. The summed E-state index contributed by atoms with van der Waals surface area (Å²) in [6.07, 6.45) is 1.43. The number of hydrogen-bond donors (Lipinski definition) is 1. The summed E-state index contributed by atoms with van der Waals surface area (Å²) in [5.41, 5.74) is 0.495. The van der Waals surface area contributed by atoms with Crippen LogP contribution in [-0.4, -0.2) is 23.9 Å². The number of carbonyl (C=O) groups is 2. The number of furan rings is 1. The third-order valence-electron chi connectivity index (χ3n) is 4.79. The summed E-state index contributed by atoms with van der Waals surface area (Å²) in [7, 11) is 1.47. The number of nitrogens with zero attached hydrogens (tertiary/aromatic N) is 1. The lowest BCUT2D eigenvalue weighted by molar-refractivity contribution is -0.132. The molecule has 2 aromatic carbocycles. The van der Waals surface area contributed by atoms with Crippen LogP contribution in [0, 0.1) is 0 Å². The number of Topliss-reactive ketones (excluding diaryl/α,β-unsaturated/α-hetero) is 1. The number of aliphatic hydroxyl groups excluding tert-OH is 1. The molecule has 1 N–H and O–H groups in total. The molecule has 1 aromatic heterocycles. The maximum Gasteiger partial charge on any atom is 0.300 e. The van der Waals surface area contributed by atoms with Crippen molar-refractivity contribution in [1.82, 2.24) is 0 Å². The zero-order valence-corrected chi connectivity index (χ0v) is 17.1. The molecule has 0 aliphatic carbocycles. The smallest absolute Gasteiger partial charge is 0.300 e. The summed E-state index contributed by atoms with van der Waals surface area (Å²) in [4.78, 5) is 27.3. The predicted octanol–water partition coefficient (Wildman–Crippen LogP) is 5.22. The van der Waals surface area contributed by atoms with E-state index in [2.05, 4.69) is 0 Å². The van der Waals surface area contributed by atoms with Gasteiger partial charge >= 0.3 is 0 Å². The molecule has 4 rings (SSSR count). The van der Waals surface area contributed by atoms with Gasteiger partial charge in [0, 0.05) is 5.56 Å². The fourth-order valence-corrected chi connectivity index (χ4v) is 3.72. The highest BCUT2D eigenvalue weighted by Gasteiger charge is 2.49. The topological polar surface area (TPSA) is 80.0 Å². The van der Waals surface area contributed by atoms with Crippen LogP contribution in [0.25, 0.3) is 5.76 Å². The summed E-state index contributed by atoms with van der Waals surface area (Å²) < 4.78 is 10.9. The lowest BCUT2D eigenvalue weighted by Gasteiger charge is -2.24. The third kappa shape index (κ3) is 3.24. The first-order valence-electron chi connectivity index (χ1n) is 8.87. The molecule has 1 fully saturated rings. The van der Waals surface area contributed by atoms with Gasteiger partial charge < -0.3 is 14.3 Å². The van der Waals surface area contributed by atoms with Gasteiger partial charge in [0.2, 0.25) is 0 Å². The first-order valence-corrected chi connectivity index (χ1v) is 9.62. The highest BCUT2D eigenvalue weighted by atomic mass is 35.5. The number of halogens is 2. The van der Waals surface area contributed by atoms with Crippen LogP contribution in [0.4, 0.5) is 5.69 Å². The minimum Gasteiger partial charge on any atom is -0.507 e. The number of ketones is 1. The van der Waals surface area contributed by atoms with E-state index in [1.165, 1.54) is 36.5 Å². The Labute approximate surface area is 181 Å². The molecule has 2 heterocycles. The van der Waals surface area contributed by atoms with Crippen molar-refractivity contribution in [1.29, 1.82) is 0 Å². The number of ether oxygens (including phenoxy) is 1. The van der Waals surface area contributed by atoms with Crippen LogP contribution in [0.15, 0.2) is 70.9 Å². The van der Waals surface area contributed by atoms with E-state index >= 15 is 0 Å². The van der Waals surface area contributed by atoms with Crippen LogP contribution >= 0.6 is 23.2 Å². The largest absolute Gasteiger partial charge is 0.507 e. The van der Waals surface area contributed by atoms with E-state index in [0.717, 1.165) is 0 Å². The Hall–Kier alpha value is -3.22. The van der Waals surface area contributed by atoms with Gasteiger partial charge in [-0.1, -0.05) is 35.3 Å². The molecule has 3 aromatic rings. The fraction of sp³-hybridized carbons (Fsp3) is 0.0909. The number of methoxy groups -OCH3 is 1. The molecule has 1 saturated heterocycles. The van der Waals surface area contributed by atoms with Crippen molar-refractivity contribution in [2.24, 2.45) is 0 Å². The van der Waals surface area contributed by atoms with Crippen molar-refractivity contribution >= 4 is 46.3 Å². The minimum absolute atomic E-state index is 0.126. The van der Waals surface area contributed by atoms with Crippen LogP contribution in [0.3, 0.4) is 0 Å². The van der Waals surface area contributed by atoms with Crippen LogP contribution in [0.2, 0.25) is 10.0 Å². The summed E-state index contributed by atoms with van der Waals surface area (Å²) in [5, 5.41) is 11.5. The van der Waals surface area contributed by atoms with Gasteiger partial charge in [-0.05, 0) is 42.5 Å². The van der Waals surface area contributed by atoms with Gasteiger partial charge in [-0.2, -0.15) is 0 Å². The standard InChI is InChI=1S/C22H15Cl2NO5/c1-29-16-6-3-2-5-15(16)25-19(17-7-4-10-30-17)18(21(27)22(25)28)20(26)12-8-9-13(23)14(24)11-12/h2-11,19,26H,1H3/b20-18-. The van der Waals surface area contributed by atoms with Crippen molar-refractivity contribution in [2.45, 2.75) is 6.04 Å². The van der Waals surface area contributed by atoms with Gasteiger partial charge in [0.05, 0.1) is 34.7 Å². The van der Waals surface area contributed by atoms with Crippen molar-refractivity contribution in [3.8, 4) is 5.75 Å². The van der Waals surface area contributed by atoms with Crippen LogP contribution < -0.4 is 9.64 Å². The van der Waals surface area contributed by atoms with Gasteiger partial charge in [0.15, 0.2) is 0 Å². The SMILES string of the molecule is COc1ccccc1N1C(=O)C(=O)/C(=C(\O)c2ccc(Cl)c(Cl)c2)C1c1ccco1. The number of anilines is 1. The Morgan fingerprint density at radius 1 is 1.07 bits per heavy atom. The number of para-hydroxylation sites is 2. The quantitative estimate of drug-likeness (QED) is 0.339. The first-order chi connectivity index (χ1) is 14.4.